The van der Waals surface area contributed by atoms with Crippen molar-refractivity contribution >= 4 is 11.6 Å². The third kappa shape index (κ3) is 6.25. The maximum absolute atomic E-state index is 12.9. The molecule has 0 bridgehead atoms. The Kier molecular flexibility index (Phi) is 9.13. The number of H-pyrrole nitrogens is 1. The first kappa shape index (κ1) is 25.7. The standard InChI is InChI=1S/C25H41N5O2/c1-9-21(32-8)23(24(31)26-10-2)25(4,5)18(3)28-22-15-20(11-13-27-22)30-16-19(17-30)12-14-29(6)7/h9,11,13,15,18-19H,1,10,12,14,16-17H2,2-8H3,(H,26,31)(H,27,28)/b23-21+. The lowest BCUT2D eigenvalue weighted by atomic mass is 9.76. The monoisotopic (exact) mass is 443 g/mol. The molecule has 1 saturated heterocycles. The van der Waals surface area contributed by atoms with Crippen LogP contribution in [0.25, 0.3) is 0 Å². The minimum absolute atomic E-state index is 0.154. The quantitative estimate of drug-likeness (QED) is 0.313. The second-order valence-electron chi connectivity index (χ2n) is 9.33. The minimum atomic E-state index is -0.573. The van der Waals surface area contributed by atoms with Crippen LogP contribution < -0.4 is 15.7 Å². The zero-order valence-electron chi connectivity index (χ0n) is 20.9. The van der Waals surface area contributed by atoms with E-state index in [1.807, 2.05) is 33.9 Å². The van der Waals surface area contributed by atoms with E-state index < -0.39 is 5.41 Å². The second kappa shape index (κ2) is 11.4. The van der Waals surface area contributed by atoms with Crippen molar-refractivity contribution < 1.29 is 9.53 Å². The Balaban J connectivity index is 2.24. The van der Waals surface area contributed by atoms with Gasteiger partial charge < -0.3 is 24.8 Å². The summed E-state index contributed by atoms with van der Waals surface area (Å²) in [5.41, 5.74) is 1.96. The third-order valence-corrected chi connectivity index (χ3v) is 6.31. The molecule has 0 spiro atoms. The third-order valence-electron chi connectivity index (χ3n) is 6.31. The van der Waals surface area contributed by atoms with Crippen molar-refractivity contribution in [1.29, 1.82) is 0 Å². The van der Waals surface area contributed by atoms with Gasteiger partial charge in [0.15, 0.2) is 0 Å². The van der Waals surface area contributed by atoms with Gasteiger partial charge in [0.2, 0.25) is 0 Å². The highest BCUT2D eigenvalue weighted by atomic mass is 16.5. The van der Waals surface area contributed by atoms with Gasteiger partial charge in [0.05, 0.1) is 18.7 Å². The highest BCUT2D eigenvalue weighted by Crippen LogP contribution is 2.35. The van der Waals surface area contributed by atoms with Crippen LogP contribution in [0.2, 0.25) is 0 Å². The number of methoxy groups -OCH3 is 1. The fourth-order valence-electron chi connectivity index (χ4n) is 3.95. The number of allylic oxidation sites excluding steroid dienone is 1. The SMILES string of the molecule is C=C/C(OC)=C(/C(=O)NCC)C(C)(C)C(C)/N=c1/cc(N2CC(CCN(C)C)C2)cc[nH]1. The summed E-state index contributed by atoms with van der Waals surface area (Å²) in [5.74, 6) is 1.07. The number of amides is 1. The molecule has 1 aromatic rings. The predicted octanol–water partition coefficient (Wildman–Crippen LogP) is 2.94. The Morgan fingerprint density at radius 3 is 2.72 bits per heavy atom. The average molecular weight is 444 g/mol. The molecular weight excluding hydrogens is 402 g/mol. The predicted molar refractivity (Wildman–Crippen MR) is 131 cm³/mol. The number of nitrogens with zero attached hydrogens (tertiary/aromatic N) is 3. The van der Waals surface area contributed by atoms with Crippen molar-refractivity contribution in [2.75, 3.05) is 52.3 Å². The Labute approximate surface area is 193 Å². The Bertz CT molecular complexity index is 878. The molecule has 2 N–H and O–H groups in total. The van der Waals surface area contributed by atoms with Crippen LogP contribution in [0.5, 0.6) is 0 Å². The minimum Gasteiger partial charge on any atom is -0.496 e. The van der Waals surface area contributed by atoms with Crippen LogP contribution in [0.1, 0.15) is 34.1 Å². The summed E-state index contributed by atoms with van der Waals surface area (Å²) >= 11 is 0. The van der Waals surface area contributed by atoms with Crippen LogP contribution in [0.3, 0.4) is 0 Å². The summed E-state index contributed by atoms with van der Waals surface area (Å²) < 4.78 is 5.47. The number of anilines is 1. The van der Waals surface area contributed by atoms with Crippen LogP contribution >= 0.6 is 0 Å². The van der Waals surface area contributed by atoms with Crippen LogP contribution in [0.4, 0.5) is 5.69 Å². The van der Waals surface area contributed by atoms with Gasteiger partial charge in [-0.25, -0.2) is 0 Å². The van der Waals surface area contributed by atoms with Gasteiger partial charge >= 0.3 is 0 Å². The van der Waals surface area contributed by atoms with E-state index in [4.69, 9.17) is 9.73 Å². The molecule has 7 nitrogen and oxygen atoms in total. The summed E-state index contributed by atoms with van der Waals surface area (Å²) in [5, 5.41) is 2.90. The number of rotatable bonds is 11. The van der Waals surface area contributed by atoms with Crippen LogP contribution in [-0.2, 0) is 9.53 Å². The Hall–Kier alpha value is -2.54. The van der Waals surface area contributed by atoms with E-state index in [2.05, 4.69) is 52.9 Å². The number of likely N-dealkylation sites (N-methyl/N-ethyl adjacent to an activating group) is 1. The van der Waals surface area contributed by atoms with E-state index in [1.165, 1.54) is 12.1 Å². The zero-order chi connectivity index (χ0) is 23.9. The molecule has 1 aromatic heterocycles. The number of ether oxygens (including phenoxy) is 1. The number of carbonyl (C=O) groups excluding carboxylic acids is 1. The summed E-state index contributed by atoms with van der Waals surface area (Å²) in [7, 11) is 5.80. The molecule has 2 heterocycles. The fourth-order valence-corrected chi connectivity index (χ4v) is 3.95. The van der Waals surface area contributed by atoms with Crippen molar-refractivity contribution in [3.63, 3.8) is 0 Å². The maximum Gasteiger partial charge on any atom is 0.251 e. The van der Waals surface area contributed by atoms with Gasteiger partial charge in [0, 0.05) is 43.0 Å². The lowest BCUT2D eigenvalue weighted by Crippen LogP contribution is -2.48. The number of pyridine rings is 1. The fraction of sp³-hybridized carbons (Fsp3) is 0.600. The summed E-state index contributed by atoms with van der Waals surface area (Å²) in [6.07, 6.45) is 4.75. The van der Waals surface area contributed by atoms with Crippen molar-refractivity contribution in [3.05, 3.63) is 47.8 Å². The first-order valence-electron chi connectivity index (χ1n) is 11.5. The first-order valence-corrected chi connectivity index (χ1v) is 11.5. The smallest absolute Gasteiger partial charge is 0.251 e. The highest BCUT2D eigenvalue weighted by molar-refractivity contribution is 5.95. The highest BCUT2D eigenvalue weighted by Gasteiger charge is 2.37. The maximum atomic E-state index is 12.9. The summed E-state index contributed by atoms with van der Waals surface area (Å²) in [6, 6.07) is 4.01. The molecule has 0 aliphatic carbocycles. The van der Waals surface area contributed by atoms with E-state index in [-0.39, 0.29) is 11.9 Å². The van der Waals surface area contributed by atoms with Gasteiger partial charge in [0.1, 0.15) is 11.2 Å². The molecule has 1 unspecified atom stereocenters. The van der Waals surface area contributed by atoms with E-state index >= 15 is 0 Å². The van der Waals surface area contributed by atoms with Gasteiger partial charge in [0.25, 0.3) is 5.91 Å². The molecular formula is C25H41N5O2. The lowest BCUT2D eigenvalue weighted by Gasteiger charge is -2.41. The Morgan fingerprint density at radius 1 is 1.47 bits per heavy atom. The number of hydrogen-bond acceptors (Lipinski definition) is 5. The molecule has 1 amide bonds. The summed E-state index contributed by atoms with van der Waals surface area (Å²) in [4.78, 5) is 25.7. The van der Waals surface area contributed by atoms with Crippen molar-refractivity contribution in [2.45, 2.75) is 40.2 Å². The normalized spacial score (nSPS) is 17.0. The average Bonchev–Trinajstić information content (AvgIpc) is 2.70. The van der Waals surface area contributed by atoms with Crippen molar-refractivity contribution in [1.82, 2.24) is 15.2 Å². The Morgan fingerprint density at radius 2 is 2.16 bits per heavy atom. The van der Waals surface area contributed by atoms with Gasteiger partial charge in [-0.2, -0.15) is 0 Å². The molecule has 32 heavy (non-hydrogen) atoms. The van der Waals surface area contributed by atoms with Gasteiger partial charge in [-0.05, 0) is 59.0 Å². The van der Waals surface area contributed by atoms with Gasteiger partial charge in [-0.15, -0.1) is 0 Å². The van der Waals surface area contributed by atoms with Crippen LogP contribution in [0, 0.1) is 11.3 Å². The molecule has 178 valence electrons. The van der Waals surface area contributed by atoms with E-state index in [1.54, 1.807) is 13.2 Å². The molecule has 7 heteroatoms. The number of aromatic amines is 1. The molecule has 0 aromatic carbocycles. The molecule has 0 radical (unpaired) electrons. The number of carbonyl (C=O) groups is 1. The van der Waals surface area contributed by atoms with E-state index in [9.17, 15) is 4.79 Å². The largest absolute Gasteiger partial charge is 0.496 e. The number of hydrogen-bond donors (Lipinski definition) is 2. The number of aromatic nitrogens is 1. The van der Waals surface area contributed by atoms with E-state index in [0.29, 0.717) is 17.9 Å². The van der Waals surface area contributed by atoms with Crippen LogP contribution in [0.15, 0.2) is 47.3 Å². The molecule has 2 rings (SSSR count). The molecule has 1 fully saturated rings. The topological polar surface area (TPSA) is 73.0 Å². The molecule has 0 saturated carbocycles. The molecule has 1 aliphatic rings. The van der Waals surface area contributed by atoms with Crippen LogP contribution in [-0.4, -0.2) is 69.2 Å². The van der Waals surface area contributed by atoms with E-state index in [0.717, 1.165) is 31.0 Å². The summed E-state index contributed by atoms with van der Waals surface area (Å²) in [6.45, 7) is 15.6. The van der Waals surface area contributed by atoms with Gasteiger partial charge in [-0.3, -0.25) is 9.79 Å². The van der Waals surface area contributed by atoms with Crippen molar-refractivity contribution in [2.24, 2.45) is 16.3 Å². The molecule has 1 atom stereocenters. The number of nitrogens with one attached hydrogen (secondary N) is 2. The lowest BCUT2D eigenvalue weighted by molar-refractivity contribution is -0.118. The zero-order valence-corrected chi connectivity index (χ0v) is 20.9. The van der Waals surface area contributed by atoms with Crippen molar-refractivity contribution in [3.8, 4) is 0 Å². The second-order valence-corrected chi connectivity index (χ2v) is 9.33. The first-order chi connectivity index (χ1) is 15.1. The molecule has 1 aliphatic heterocycles. The van der Waals surface area contributed by atoms with Gasteiger partial charge in [-0.1, -0.05) is 20.4 Å².